The number of benzene rings is 4. The first-order valence-electron chi connectivity index (χ1n) is 13.9. The van der Waals surface area contributed by atoms with Gasteiger partial charge in [0.1, 0.15) is 12.6 Å². The molecule has 0 aliphatic heterocycles. The minimum atomic E-state index is -4.22. The summed E-state index contributed by atoms with van der Waals surface area (Å²) in [5.41, 5.74) is 1.64. The molecule has 0 aromatic heterocycles. The molecule has 4 aromatic rings. The summed E-state index contributed by atoms with van der Waals surface area (Å²) in [6.07, 6.45) is 0.190. The molecule has 0 spiro atoms. The van der Waals surface area contributed by atoms with E-state index in [-0.39, 0.29) is 40.5 Å². The van der Waals surface area contributed by atoms with Gasteiger partial charge in [-0.25, -0.2) is 8.42 Å². The van der Waals surface area contributed by atoms with E-state index in [0.29, 0.717) is 15.6 Å². The maximum Gasteiger partial charge on any atom is 0.264 e. The quantitative estimate of drug-likeness (QED) is 0.176. The number of hydrogen-bond donors (Lipinski definition) is 1. The van der Waals surface area contributed by atoms with Crippen LogP contribution in [0, 0.1) is 0 Å². The van der Waals surface area contributed by atoms with Gasteiger partial charge in [0.05, 0.1) is 20.6 Å². The summed E-state index contributed by atoms with van der Waals surface area (Å²) in [6, 6.07) is 27.2. The second kappa shape index (κ2) is 14.9. The maximum absolute atomic E-state index is 14.4. The second-order valence-electron chi connectivity index (χ2n) is 10.4. The molecule has 0 aliphatic carbocycles. The van der Waals surface area contributed by atoms with Crippen molar-refractivity contribution in [3.8, 4) is 0 Å². The van der Waals surface area contributed by atoms with Crippen LogP contribution < -0.4 is 9.62 Å². The summed E-state index contributed by atoms with van der Waals surface area (Å²) < 4.78 is 29.0. The van der Waals surface area contributed by atoms with Crippen molar-refractivity contribution in [3.63, 3.8) is 0 Å². The standard InChI is InChI=1S/C33H32Cl3N3O4S/c1-23(2)37-33(41)31(19-24-10-5-3-6-11-24)38(21-25-16-17-29(35)30(36)18-25)32(40)22-39(27-13-9-12-26(34)20-27)44(42,43)28-14-7-4-8-15-28/h3-18,20,23,31H,19,21-22H2,1-2H3,(H,37,41)/t31-/m0/s1. The van der Waals surface area contributed by atoms with Gasteiger partial charge >= 0.3 is 0 Å². The number of nitrogens with zero attached hydrogens (tertiary/aromatic N) is 2. The highest BCUT2D eigenvalue weighted by Gasteiger charge is 2.35. The van der Waals surface area contributed by atoms with Crippen molar-refractivity contribution < 1.29 is 18.0 Å². The number of hydrogen-bond acceptors (Lipinski definition) is 4. The molecule has 7 nitrogen and oxygen atoms in total. The van der Waals surface area contributed by atoms with Gasteiger partial charge in [0.15, 0.2) is 0 Å². The second-order valence-corrected chi connectivity index (χ2v) is 13.6. The summed E-state index contributed by atoms with van der Waals surface area (Å²) in [5.74, 6) is -0.979. The molecule has 0 fully saturated rings. The Morgan fingerprint density at radius 3 is 2.05 bits per heavy atom. The molecular formula is C33H32Cl3N3O4S. The summed E-state index contributed by atoms with van der Waals surface area (Å²) in [4.78, 5) is 29.5. The Hall–Kier alpha value is -3.56. The van der Waals surface area contributed by atoms with Crippen LogP contribution in [-0.4, -0.2) is 43.8 Å². The van der Waals surface area contributed by atoms with Crippen LogP contribution in [-0.2, 0) is 32.6 Å². The molecule has 2 amide bonds. The van der Waals surface area contributed by atoms with Crippen LogP contribution in [0.5, 0.6) is 0 Å². The fraction of sp³-hybridized carbons (Fsp3) is 0.212. The van der Waals surface area contributed by atoms with Crippen molar-refractivity contribution >= 4 is 62.3 Å². The predicted octanol–water partition coefficient (Wildman–Crippen LogP) is 7.01. The van der Waals surface area contributed by atoms with Crippen LogP contribution >= 0.6 is 34.8 Å². The molecule has 1 atom stereocenters. The van der Waals surface area contributed by atoms with Gasteiger partial charge in [0.25, 0.3) is 10.0 Å². The highest BCUT2D eigenvalue weighted by molar-refractivity contribution is 7.92. The van der Waals surface area contributed by atoms with E-state index in [0.717, 1.165) is 9.87 Å². The van der Waals surface area contributed by atoms with Gasteiger partial charge in [-0.05, 0) is 67.4 Å². The van der Waals surface area contributed by atoms with Gasteiger partial charge in [0, 0.05) is 24.0 Å². The number of halogens is 3. The van der Waals surface area contributed by atoms with Crippen LogP contribution in [0.4, 0.5) is 5.69 Å². The summed E-state index contributed by atoms with van der Waals surface area (Å²) in [6.45, 7) is 3.03. The van der Waals surface area contributed by atoms with Crippen molar-refractivity contribution in [1.29, 1.82) is 0 Å². The van der Waals surface area contributed by atoms with Crippen molar-refractivity contribution in [3.05, 3.63) is 129 Å². The van der Waals surface area contributed by atoms with Crippen LogP contribution in [0.25, 0.3) is 0 Å². The first kappa shape index (κ1) is 33.3. The van der Waals surface area contributed by atoms with Gasteiger partial charge in [0.2, 0.25) is 11.8 Å². The van der Waals surface area contributed by atoms with Gasteiger partial charge in [-0.1, -0.05) is 95.5 Å². The lowest BCUT2D eigenvalue weighted by atomic mass is 10.0. The van der Waals surface area contributed by atoms with E-state index >= 15 is 0 Å². The minimum Gasteiger partial charge on any atom is -0.352 e. The zero-order valence-corrected chi connectivity index (χ0v) is 27.2. The van der Waals surface area contributed by atoms with E-state index in [4.69, 9.17) is 34.8 Å². The molecule has 1 N–H and O–H groups in total. The zero-order valence-electron chi connectivity index (χ0n) is 24.2. The lowest BCUT2D eigenvalue weighted by Gasteiger charge is -2.34. The molecule has 4 aromatic carbocycles. The van der Waals surface area contributed by atoms with Crippen molar-refractivity contribution in [2.75, 3.05) is 10.8 Å². The Bertz CT molecular complexity index is 1700. The SMILES string of the molecule is CC(C)NC(=O)[C@H](Cc1ccccc1)N(Cc1ccc(Cl)c(Cl)c1)C(=O)CN(c1cccc(Cl)c1)S(=O)(=O)c1ccccc1. The molecule has 4 rings (SSSR count). The third-order valence-electron chi connectivity index (χ3n) is 6.75. The fourth-order valence-electron chi connectivity index (χ4n) is 4.65. The molecule has 0 heterocycles. The third kappa shape index (κ3) is 8.54. The molecule has 0 bridgehead atoms. The first-order chi connectivity index (χ1) is 21.0. The number of carbonyl (C=O) groups is 2. The molecule has 0 saturated heterocycles. The molecule has 0 aliphatic rings. The topological polar surface area (TPSA) is 86.8 Å². The van der Waals surface area contributed by atoms with E-state index in [2.05, 4.69) is 5.32 Å². The van der Waals surface area contributed by atoms with E-state index < -0.39 is 28.5 Å². The summed E-state index contributed by atoms with van der Waals surface area (Å²) in [7, 11) is -4.22. The normalized spacial score (nSPS) is 12.0. The van der Waals surface area contributed by atoms with Gasteiger partial charge in [-0.3, -0.25) is 13.9 Å². The Morgan fingerprint density at radius 2 is 1.43 bits per heavy atom. The van der Waals surface area contributed by atoms with Gasteiger partial charge < -0.3 is 10.2 Å². The number of amides is 2. The number of anilines is 1. The Labute approximate surface area is 273 Å². The molecular weight excluding hydrogens is 641 g/mol. The monoisotopic (exact) mass is 671 g/mol. The fourth-order valence-corrected chi connectivity index (χ4v) is 6.58. The van der Waals surface area contributed by atoms with Gasteiger partial charge in [-0.2, -0.15) is 0 Å². The predicted molar refractivity (Wildman–Crippen MR) is 177 cm³/mol. The highest BCUT2D eigenvalue weighted by atomic mass is 35.5. The average molecular weight is 673 g/mol. The Morgan fingerprint density at radius 1 is 0.773 bits per heavy atom. The van der Waals surface area contributed by atoms with Crippen molar-refractivity contribution in [1.82, 2.24) is 10.2 Å². The maximum atomic E-state index is 14.4. The van der Waals surface area contributed by atoms with Crippen LogP contribution in [0.2, 0.25) is 15.1 Å². The minimum absolute atomic E-state index is 0.00203. The van der Waals surface area contributed by atoms with Crippen molar-refractivity contribution in [2.24, 2.45) is 0 Å². The number of sulfonamides is 1. The van der Waals surface area contributed by atoms with E-state index in [1.807, 2.05) is 44.2 Å². The Kier molecular flexibility index (Phi) is 11.3. The molecule has 44 heavy (non-hydrogen) atoms. The zero-order chi connectivity index (χ0) is 31.9. The Balaban J connectivity index is 1.81. The summed E-state index contributed by atoms with van der Waals surface area (Å²) >= 11 is 18.7. The van der Waals surface area contributed by atoms with E-state index in [1.54, 1.807) is 54.6 Å². The number of carbonyl (C=O) groups excluding carboxylic acids is 2. The lowest BCUT2D eigenvalue weighted by molar-refractivity contribution is -0.140. The van der Waals surface area contributed by atoms with Crippen LogP contribution in [0.1, 0.15) is 25.0 Å². The van der Waals surface area contributed by atoms with E-state index in [1.165, 1.54) is 23.1 Å². The molecule has 0 saturated carbocycles. The third-order valence-corrected chi connectivity index (χ3v) is 9.51. The summed E-state index contributed by atoms with van der Waals surface area (Å²) in [5, 5.41) is 3.85. The number of nitrogens with one attached hydrogen (secondary N) is 1. The first-order valence-corrected chi connectivity index (χ1v) is 16.4. The van der Waals surface area contributed by atoms with Gasteiger partial charge in [-0.15, -0.1) is 0 Å². The van der Waals surface area contributed by atoms with Crippen molar-refractivity contribution in [2.45, 2.75) is 43.8 Å². The van der Waals surface area contributed by atoms with E-state index in [9.17, 15) is 18.0 Å². The lowest BCUT2D eigenvalue weighted by Crippen LogP contribution is -2.54. The largest absolute Gasteiger partial charge is 0.352 e. The number of rotatable bonds is 12. The van der Waals surface area contributed by atoms with Crippen LogP contribution in [0.3, 0.4) is 0 Å². The smallest absolute Gasteiger partial charge is 0.264 e. The average Bonchev–Trinajstić information content (AvgIpc) is 2.99. The molecule has 230 valence electrons. The molecule has 0 radical (unpaired) electrons. The van der Waals surface area contributed by atoms with Crippen LogP contribution in [0.15, 0.2) is 108 Å². The molecule has 11 heteroatoms. The highest BCUT2D eigenvalue weighted by Crippen LogP contribution is 2.28. The molecule has 0 unspecified atom stereocenters.